The smallest absolute Gasteiger partial charge is 0.240 e. The second-order valence-electron chi connectivity index (χ2n) is 9.49. The minimum atomic E-state index is -3.60. The molecule has 4 fully saturated rings. The Morgan fingerprint density at radius 3 is 2.00 bits per heavy atom. The normalized spacial score (nSPS) is 29.7. The van der Waals surface area contributed by atoms with E-state index in [-0.39, 0.29) is 22.8 Å². The van der Waals surface area contributed by atoms with Crippen LogP contribution in [0.2, 0.25) is 0 Å². The number of sulfonamides is 1. The molecule has 4 aliphatic carbocycles. The Kier molecular flexibility index (Phi) is 4.94. The fraction of sp³-hybridized carbons (Fsp3) is 0.458. The summed E-state index contributed by atoms with van der Waals surface area (Å²) in [5, 5.41) is 3.08. The zero-order chi connectivity index (χ0) is 20.8. The number of benzene rings is 2. The predicted octanol–water partition coefficient (Wildman–Crippen LogP) is 4.32. The molecule has 0 aliphatic heterocycles. The zero-order valence-electron chi connectivity index (χ0n) is 17.0. The van der Waals surface area contributed by atoms with Crippen LogP contribution in [0.4, 0.5) is 5.69 Å². The molecule has 158 valence electrons. The van der Waals surface area contributed by atoms with Crippen LogP contribution in [-0.4, -0.2) is 14.3 Å². The lowest BCUT2D eigenvalue weighted by Crippen LogP contribution is -2.51. The van der Waals surface area contributed by atoms with Crippen molar-refractivity contribution in [2.75, 3.05) is 5.32 Å². The summed E-state index contributed by atoms with van der Waals surface area (Å²) in [6.45, 7) is 0.244. The molecule has 0 atom stereocenters. The third kappa shape index (κ3) is 3.79. The average molecular weight is 425 g/mol. The highest BCUT2D eigenvalue weighted by atomic mass is 32.2. The van der Waals surface area contributed by atoms with Crippen molar-refractivity contribution >= 4 is 21.6 Å². The molecule has 1 amide bonds. The van der Waals surface area contributed by atoms with Crippen molar-refractivity contribution in [2.45, 2.75) is 50.0 Å². The van der Waals surface area contributed by atoms with Crippen molar-refractivity contribution in [1.29, 1.82) is 0 Å². The monoisotopic (exact) mass is 424 g/mol. The average Bonchev–Trinajstić information content (AvgIpc) is 2.72. The van der Waals surface area contributed by atoms with Gasteiger partial charge < -0.3 is 5.32 Å². The number of hydrogen-bond donors (Lipinski definition) is 2. The van der Waals surface area contributed by atoms with Crippen LogP contribution in [0.1, 0.15) is 44.1 Å². The fourth-order valence-corrected chi connectivity index (χ4v) is 7.25. The lowest BCUT2D eigenvalue weighted by molar-refractivity contribution is -0.140. The molecular weight excluding hydrogens is 396 g/mol. The van der Waals surface area contributed by atoms with Crippen LogP contribution >= 0.6 is 0 Å². The molecule has 5 nitrogen and oxygen atoms in total. The number of anilines is 1. The van der Waals surface area contributed by atoms with E-state index in [1.54, 1.807) is 24.3 Å². The Labute approximate surface area is 178 Å². The largest absolute Gasteiger partial charge is 0.326 e. The van der Waals surface area contributed by atoms with E-state index in [1.165, 1.54) is 19.3 Å². The van der Waals surface area contributed by atoms with Gasteiger partial charge in [0.2, 0.25) is 15.9 Å². The molecule has 2 aromatic carbocycles. The van der Waals surface area contributed by atoms with Gasteiger partial charge in [-0.1, -0.05) is 30.3 Å². The Balaban J connectivity index is 1.24. The molecule has 6 rings (SSSR count). The first-order valence-corrected chi connectivity index (χ1v) is 12.4. The van der Waals surface area contributed by atoms with Gasteiger partial charge in [-0.2, -0.15) is 0 Å². The van der Waals surface area contributed by atoms with Crippen LogP contribution in [0.25, 0.3) is 0 Å². The third-order valence-electron chi connectivity index (χ3n) is 7.25. The first-order chi connectivity index (χ1) is 14.4. The second-order valence-corrected chi connectivity index (χ2v) is 11.3. The van der Waals surface area contributed by atoms with Crippen molar-refractivity contribution < 1.29 is 13.2 Å². The van der Waals surface area contributed by atoms with Gasteiger partial charge in [-0.3, -0.25) is 4.79 Å². The van der Waals surface area contributed by atoms with Crippen molar-refractivity contribution in [2.24, 2.45) is 23.2 Å². The quantitative estimate of drug-likeness (QED) is 0.725. The molecule has 6 heteroatoms. The lowest BCUT2D eigenvalue weighted by atomic mass is 9.49. The SMILES string of the molecule is O=C(Nc1ccc(S(=O)(=O)NCc2ccccc2)cc1)C12CC3CC(CC(C3)C1)C2. The van der Waals surface area contributed by atoms with Crippen LogP contribution in [0.3, 0.4) is 0 Å². The highest BCUT2D eigenvalue weighted by Gasteiger charge is 2.54. The van der Waals surface area contributed by atoms with Gasteiger partial charge in [-0.25, -0.2) is 13.1 Å². The molecule has 0 heterocycles. The molecule has 0 unspecified atom stereocenters. The van der Waals surface area contributed by atoms with Crippen molar-refractivity contribution in [1.82, 2.24) is 4.72 Å². The summed E-state index contributed by atoms with van der Waals surface area (Å²) in [4.78, 5) is 13.4. The third-order valence-corrected chi connectivity index (χ3v) is 8.67. The van der Waals surface area contributed by atoms with Crippen LogP contribution in [0.15, 0.2) is 59.5 Å². The maximum Gasteiger partial charge on any atom is 0.240 e. The van der Waals surface area contributed by atoms with E-state index in [2.05, 4.69) is 10.0 Å². The summed E-state index contributed by atoms with van der Waals surface area (Å²) in [5.41, 5.74) is 1.36. The molecule has 30 heavy (non-hydrogen) atoms. The van der Waals surface area contributed by atoms with E-state index in [4.69, 9.17) is 0 Å². The van der Waals surface area contributed by atoms with Gasteiger partial charge in [0.15, 0.2) is 0 Å². The minimum absolute atomic E-state index is 0.124. The summed E-state index contributed by atoms with van der Waals surface area (Å²) in [5.74, 6) is 2.26. The number of carbonyl (C=O) groups is 1. The van der Waals surface area contributed by atoms with E-state index in [9.17, 15) is 13.2 Å². The second kappa shape index (κ2) is 7.50. The molecule has 0 saturated heterocycles. The van der Waals surface area contributed by atoms with Gasteiger partial charge in [0, 0.05) is 12.2 Å². The number of amides is 1. The molecular formula is C24H28N2O3S. The summed E-state index contributed by atoms with van der Waals surface area (Å²) in [7, 11) is -3.60. The molecule has 2 aromatic rings. The van der Waals surface area contributed by atoms with Gasteiger partial charge >= 0.3 is 0 Å². The van der Waals surface area contributed by atoms with Crippen molar-refractivity contribution in [3.63, 3.8) is 0 Å². The molecule has 4 bridgehead atoms. The van der Waals surface area contributed by atoms with Gasteiger partial charge in [0.05, 0.1) is 10.3 Å². The maximum atomic E-state index is 13.2. The molecule has 4 aliphatic rings. The van der Waals surface area contributed by atoms with E-state index in [0.717, 1.165) is 24.8 Å². The van der Waals surface area contributed by atoms with Crippen LogP contribution in [0.5, 0.6) is 0 Å². The van der Waals surface area contributed by atoms with Gasteiger partial charge in [0.1, 0.15) is 0 Å². The van der Waals surface area contributed by atoms with Crippen molar-refractivity contribution in [3.8, 4) is 0 Å². The van der Waals surface area contributed by atoms with Crippen LogP contribution in [-0.2, 0) is 21.4 Å². The molecule has 0 aromatic heterocycles. The topological polar surface area (TPSA) is 75.3 Å². The Morgan fingerprint density at radius 2 is 1.43 bits per heavy atom. The lowest BCUT2D eigenvalue weighted by Gasteiger charge is -2.55. The number of hydrogen-bond acceptors (Lipinski definition) is 3. The highest BCUT2D eigenvalue weighted by molar-refractivity contribution is 7.89. The Morgan fingerprint density at radius 1 is 0.867 bits per heavy atom. The molecule has 0 radical (unpaired) electrons. The molecule has 0 spiro atoms. The summed E-state index contributed by atoms with van der Waals surface area (Å²) in [6, 6.07) is 15.9. The zero-order valence-corrected chi connectivity index (χ0v) is 17.8. The van der Waals surface area contributed by atoms with Gasteiger partial charge in [-0.15, -0.1) is 0 Å². The summed E-state index contributed by atoms with van der Waals surface area (Å²) < 4.78 is 27.8. The Bertz CT molecular complexity index is 997. The standard InChI is InChI=1S/C24H28N2O3S/c27-23(24-13-18-10-19(14-24)12-20(11-18)15-24)26-21-6-8-22(9-7-21)30(28,29)25-16-17-4-2-1-3-5-17/h1-9,18-20,25H,10-16H2,(H,26,27). The summed E-state index contributed by atoms with van der Waals surface area (Å²) in [6.07, 6.45) is 6.95. The van der Waals surface area contributed by atoms with E-state index >= 15 is 0 Å². The van der Waals surface area contributed by atoms with Crippen molar-refractivity contribution in [3.05, 3.63) is 60.2 Å². The fourth-order valence-electron chi connectivity index (χ4n) is 6.23. The van der Waals surface area contributed by atoms with E-state index < -0.39 is 10.0 Å². The molecule has 4 saturated carbocycles. The minimum Gasteiger partial charge on any atom is -0.326 e. The van der Waals surface area contributed by atoms with Gasteiger partial charge in [-0.05, 0) is 86.1 Å². The molecule has 2 N–H and O–H groups in total. The van der Waals surface area contributed by atoms with E-state index in [0.29, 0.717) is 23.4 Å². The first-order valence-electron chi connectivity index (χ1n) is 10.9. The van der Waals surface area contributed by atoms with E-state index in [1.807, 2.05) is 30.3 Å². The van der Waals surface area contributed by atoms with Crippen LogP contribution in [0, 0.1) is 23.2 Å². The first kappa shape index (κ1) is 19.8. The van der Waals surface area contributed by atoms with Gasteiger partial charge in [0.25, 0.3) is 0 Å². The number of nitrogens with one attached hydrogen (secondary N) is 2. The maximum absolute atomic E-state index is 13.2. The number of rotatable bonds is 6. The van der Waals surface area contributed by atoms with Crippen LogP contribution < -0.4 is 10.0 Å². The Hall–Kier alpha value is -2.18. The summed E-state index contributed by atoms with van der Waals surface area (Å²) >= 11 is 0. The highest BCUT2D eigenvalue weighted by Crippen LogP contribution is 2.60. The predicted molar refractivity (Wildman–Crippen MR) is 116 cm³/mol. The number of carbonyl (C=O) groups excluding carboxylic acids is 1.